The molecule has 3 aromatic rings. The molecule has 11 heteroatoms. The van der Waals surface area contributed by atoms with Crippen LogP contribution in [0.4, 0.5) is 11.9 Å². The monoisotopic (exact) mass is 342 g/mol. The summed E-state index contributed by atoms with van der Waals surface area (Å²) in [5, 5.41) is 9.58. The van der Waals surface area contributed by atoms with E-state index in [0.717, 1.165) is 0 Å². The minimum absolute atomic E-state index is 0.0790. The maximum absolute atomic E-state index is 6.05. The number of thioether (sulfide) groups is 1. The fourth-order valence-electron chi connectivity index (χ4n) is 1.65. The highest BCUT2D eigenvalue weighted by atomic mass is 35.5. The van der Waals surface area contributed by atoms with Gasteiger partial charge in [-0.3, -0.25) is 4.40 Å². The third kappa shape index (κ3) is 2.94. The fourth-order valence-corrected chi connectivity index (χ4v) is 2.92. The maximum Gasteiger partial charge on any atom is 0.225 e. The van der Waals surface area contributed by atoms with E-state index in [0.29, 0.717) is 32.4 Å². The molecule has 0 aromatic carbocycles. The number of anilines is 2. The van der Waals surface area contributed by atoms with Crippen LogP contribution in [0.25, 0.3) is 5.65 Å². The average molecular weight is 343 g/mol. The van der Waals surface area contributed by atoms with Crippen LogP contribution in [0.2, 0.25) is 10.0 Å². The van der Waals surface area contributed by atoms with E-state index < -0.39 is 0 Å². The highest BCUT2D eigenvalue weighted by molar-refractivity contribution is 7.98. The van der Waals surface area contributed by atoms with Crippen LogP contribution in [0.5, 0.6) is 0 Å². The Morgan fingerprint density at radius 1 is 1.10 bits per heavy atom. The first-order chi connectivity index (χ1) is 10.0. The van der Waals surface area contributed by atoms with Crippen LogP contribution in [0.3, 0.4) is 0 Å². The second kappa shape index (κ2) is 5.51. The molecule has 0 saturated carbocycles. The summed E-state index contributed by atoms with van der Waals surface area (Å²) in [6, 6.07) is 1.61. The number of hydrogen-bond acceptors (Lipinski definition) is 8. The van der Waals surface area contributed by atoms with Crippen molar-refractivity contribution in [3.05, 3.63) is 28.1 Å². The van der Waals surface area contributed by atoms with Crippen molar-refractivity contribution in [1.29, 1.82) is 0 Å². The van der Waals surface area contributed by atoms with Crippen molar-refractivity contribution in [1.82, 2.24) is 29.5 Å². The number of fused-ring (bicyclic) bond motifs is 1. The zero-order chi connectivity index (χ0) is 15.0. The summed E-state index contributed by atoms with van der Waals surface area (Å²) in [7, 11) is 0. The standard InChI is InChI=1S/C10H8Cl2N8S/c11-4-1-5(12)7-18-19-10(20(7)2-4)21-3-6-15-8(13)17-9(14)16-6/h1-2H,3H2,(H4,13,14,15,16,17). The molecule has 3 aromatic heterocycles. The largest absolute Gasteiger partial charge is 0.368 e. The molecule has 0 atom stereocenters. The Morgan fingerprint density at radius 2 is 1.81 bits per heavy atom. The Kier molecular flexibility index (Phi) is 3.70. The Morgan fingerprint density at radius 3 is 2.52 bits per heavy atom. The molecule has 0 aliphatic heterocycles. The molecule has 0 spiro atoms. The number of nitrogens with zero attached hydrogens (tertiary/aromatic N) is 6. The number of pyridine rings is 1. The van der Waals surface area contributed by atoms with Gasteiger partial charge in [0.15, 0.2) is 10.8 Å². The van der Waals surface area contributed by atoms with Gasteiger partial charge in [0.2, 0.25) is 11.9 Å². The van der Waals surface area contributed by atoms with E-state index in [4.69, 9.17) is 34.7 Å². The van der Waals surface area contributed by atoms with Crippen molar-refractivity contribution in [2.45, 2.75) is 10.9 Å². The second-order valence-electron chi connectivity index (χ2n) is 3.94. The summed E-state index contributed by atoms with van der Waals surface area (Å²) < 4.78 is 1.70. The number of halogens is 2. The SMILES string of the molecule is Nc1nc(N)nc(CSc2nnc3c(Cl)cc(Cl)cn23)n1. The minimum Gasteiger partial charge on any atom is -0.368 e. The zero-order valence-electron chi connectivity index (χ0n) is 10.4. The third-order valence-corrected chi connectivity index (χ3v) is 3.87. The topological polar surface area (TPSA) is 121 Å². The molecule has 21 heavy (non-hydrogen) atoms. The van der Waals surface area contributed by atoms with Gasteiger partial charge < -0.3 is 11.5 Å². The molecule has 3 rings (SSSR count). The van der Waals surface area contributed by atoms with Crippen molar-refractivity contribution >= 4 is 52.5 Å². The summed E-state index contributed by atoms with van der Waals surface area (Å²) in [5.41, 5.74) is 11.6. The first-order valence-electron chi connectivity index (χ1n) is 5.61. The van der Waals surface area contributed by atoms with Gasteiger partial charge in [-0.2, -0.15) is 15.0 Å². The van der Waals surface area contributed by atoms with Crippen molar-refractivity contribution in [3.8, 4) is 0 Å². The first kappa shape index (κ1) is 14.1. The van der Waals surface area contributed by atoms with E-state index in [1.54, 1.807) is 16.7 Å². The molecule has 0 bridgehead atoms. The van der Waals surface area contributed by atoms with Crippen LogP contribution in [-0.4, -0.2) is 29.5 Å². The smallest absolute Gasteiger partial charge is 0.225 e. The predicted molar refractivity (Wildman–Crippen MR) is 81.2 cm³/mol. The summed E-state index contributed by atoms with van der Waals surface area (Å²) in [4.78, 5) is 11.7. The maximum atomic E-state index is 6.05. The predicted octanol–water partition coefficient (Wildman–Crippen LogP) is 1.68. The van der Waals surface area contributed by atoms with Crippen LogP contribution in [0.1, 0.15) is 5.82 Å². The number of rotatable bonds is 3. The summed E-state index contributed by atoms with van der Waals surface area (Å²) in [6.45, 7) is 0. The van der Waals surface area contributed by atoms with E-state index in [2.05, 4.69) is 25.1 Å². The molecule has 0 saturated heterocycles. The van der Waals surface area contributed by atoms with Gasteiger partial charge in [0.1, 0.15) is 5.82 Å². The van der Waals surface area contributed by atoms with E-state index in [-0.39, 0.29) is 11.9 Å². The Balaban J connectivity index is 1.88. The van der Waals surface area contributed by atoms with E-state index in [1.165, 1.54) is 11.8 Å². The molecule has 3 heterocycles. The van der Waals surface area contributed by atoms with Crippen LogP contribution >= 0.6 is 35.0 Å². The lowest BCUT2D eigenvalue weighted by Crippen LogP contribution is -2.06. The Bertz CT molecular complexity index is 800. The van der Waals surface area contributed by atoms with Crippen molar-refractivity contribution in [2.24, 2.45) is 0 Å². The quantitative estimate of drug-likeness (QED) is 0.689. The molecular weight excluding hydrogens is 335 g/mol. The summed E-state index contributed by atoms with van der Waals surface area (Å²) >= 11 is 13.4. The van der Waals surface area contributed by atoms with Crippen LogP contribution in [0.15, 0.2) is 17.4 Å². The van der Waals surface area contributed by atoms with Gasteiger partial charge in [-0.25, -0.2) is 0 Å². The number of nitrogen functional groups attached to an aromatic ring is 2. The normalized spacial score (nSPS) is 11.1. The summed E-state index contributed by atoms with van der Waals surface area (Å²) in [6.07, 6.45) is 1.68. The van der Waals surface area contributed by atoms with Gasteiger partial charge >= 0.3 is 0 Å². The van der Waals surface area contributed by atoms with E-state index in [1.807, 2.05) is 0 Å². The molecule has 8 nitrogen and oxygen atoms in total. The van der Waals surface area contributed by atoms with Gasteiger partial charge in [0.05, 0.1) is 15.8 Å². The zero-order valence-corrected chi connectivity index (χ0v) is 12.7. The van der Waals surface area contributed by atoms with Gasteiger partial charge in [-0.05, 0) is 6.07 Å². The molecule has 4 N–H and O–H groups in total. The Labute approximate surface area is 132 Å². The fraction of sp³-hybridized carbons (Fsp3) is 0.100. The lowest BCUT2D eigenvalue weighted by atomic mass is 10.5. The van der Waals surface area contributed by atoms with E-state index in [9.17, 15) is 0 Å². The van der Waals surface area contributed by atoms with Gasteiger partial charge in [-0.15, -0.1) is 10.2 Å². The van der Waals surface area contributed by atoms with Crippen molar-refractivity contribution in [3.63, 3.8) is 0 Å². The molecular formula is C10H8Cl2N8S. The molecule has 0 aliphatic carbocycles. The lowest BCUT2D eigenvalue weighted by molar-refractivity contribution is 0.915. The summed E-state index contributed by atoms with van der Waals surface area (Å²) in [5.74, 6) is 1.02. The minimum atomic E-state index is 0.0790. The molecule has 0 unspecified atom stereocenters. The van der Waals surface area contributed by atoms with Gasteiger partial charge in [-0.1, -0.05) is 35.0 Å². The van der Waals surface area contributed by atoms with Crippen molar-refractivity contribution in [2.75, 3.05) is 11.5 Å². The third-order valence-electron chi connectivity index (χ3n) is 2.44. The first-order valence-corrected chi connectivity index (χ1v) is 7.35. The van der Waals surface area contributed by atoms with Crippen LogP contribution in [-0.2, 0) is 5.75 Å². The van der Waals surface area contributed by atoms with E-state index >= 15 is 0 Å². The van der Waals surface area contributed by atoms with Gasteiger partial charge in [0, 0.05) is 6.20 Å². The molecule has 108 valence electrons. The molecule has 0 radical (unpaired) electrons. The van der Waals surface area contributed by atoms with Crippen LogP contribution in [0, 0.1) is 0 Å². The van der Waals surface area contributed by atoms with Gasteiger partial charge in [0.25, 0.3) is 0 Å². The van der Waals surface area contributed by atoms with Crippen LogP contribution < -0.4 is 11.5 Å². The molecule has 0 aliphatic rings. The van der Waals surface area contributed by atoms with Crippen molar-refractivity contribution < 1.29 is 0 Å². The number of aromatic nitrogens is 6. The number of hydrogen-bond donors (Lipinski definition) is 2. The molecule has 0 fully saturated rings. The average Bonchev–Trinajstić information content (AvgIpc) is 2.78. The second-order valence-corrected chi connectivity index (χ2v) is 5.73. The number of nitrogens with two attached hydrogens (primary N) is 2. The highest BCUT2D eigenvalue weighted by Gasteiger charge is 2.12. The Hall–Kier alpha value is -1.84. The molecule has 0 amide bonds. The highest BCUT2D eigenvalue weighted by Crippen LogP contribution is 2.26. The lowest BCUT2D eigenvalue weighted by Gasteiger charge is -2.02.